The topological polar surface area (TPSA) is 91.8 Å². The van der Waals surface area contributed by atoms with E-state index >= 15 is 0 Å². The van der Waals surface area contributed by atoms with Crippen LogP contribution in [0.5, 0.6) is 5.75 Å². The van der Waals surface area contributed by atoms with Gasteiger partial charge in [-0.15, -0.1) is 11.3 Å². The van der Waals surface area contributed by atoms with Crippen molar-refractivity contribution in [2.24, 2.45) is 0 Å². The van der Waals surface area contributed by atoms with Crippen molar-refractivity contribution >= 4 is 28.3 Å². The maximum absolute atomic E-state index is 12.0. The number of amides is 1. The number of carbonyl (C=O) groups excluding carboxylic acids is 1. The Labute approximate surface area is 179 Å². The van der Waals surface area contributed by atoms with Crippen LogP contribution in [0.2, 0.25) is 0 Å². The largest absolute Gasteiger partial charge is 0.497 e. The zero-order valence-electron chi connectivity index (χ0n) is 16.8. The van der Waals surface area contributed by atoms with Gasteiger partial charge < -0.3 is 20.1 Å². The van der Waals surface area contributed by atoms with Crippen molar-refractivity contribution < 1.29 is 19.4 Å². The highest BCUT2D eigenvalue weighted by Crippen LogP contribution is 2.28. The maximum Gasteiger partial charge on any atom is 0.305 e. The van der Waals surface area contributed by atoms with Gasteiger partial charge in [0.05, 0.1) is 19.2 Å². The molecule has 1 amide bonds. The summed E-state index contributed by atoms with van der Waals surface area (Å²) in [7, 11) is 3.62. The number of aliphatic carboxylic acids is 1. The lowest BCUT2D eigenvalue weighted by Gasteiger charge is -2.16. The summed E-state index contributed by atoms with van der Waals surface area (Å²) in [6, 6.07) is 15.1. The van der Waals surface area contributed by atoms with Gasteiger partial charge in [0.25, 0.3) is 5.91 Å². The number of methoxy groups -OCH3 is 1. The van der Waals surface area contributed by atoms with Crippen LogP contribution in [0.3, 0.4) is 0 Å². The highest BCUT2D eigenvalue weighted by molar-refractivity contribution is 7.14. The minimum absolute atomic E-state index is 0.0963. The molecule has 0 saturated heterocycles. The van der Waals surface area contributed by atoms with Crippen molar-refractivity contribution in [2.45, 2.75) is 13.0 Å². The maximum atomic E-state index is 12.0. The first-order valence-electron chi connectivity index (χ1n) is 9.36. The fourth-order valence-corrected chi connectivity index (χ4v) is 3.62. The summed E-state index contributed by atoms with van der Waals surface area (Å²) in [6.07, 6.45) is -0.0963. The Balaban J connectivity index is 1.59. The lowest BCUT2D eigenvalue weighted by atomic mass is 10.1. The zero-order valence-corrected chi connectivity index (χ0v) is 17.6. The summed E-state index contributed by atoms with van der Waals surface area (Å²) in [4.78, 5) is 29.3. The lowest BCUT2D eigenvalue weighted by Crippen LogP contribution is -2.26. The summed E-state index contributed by atoms with van der Waals surface area (Å²) in [5.41, 5.74) is 3.49. The second-order valence-electron chi connectivity index (χ2n) is 6.70. The van der Waals surface area contributed by atoms with Gasteiger partial charge in [-0.2, -0.15) is 0 Å². The van der Waals surface area contributed by atoms with E-state index in [0.29, 0.717) is 12.1 Å². The van der Waals surface area contributed by atoms with E-state index in [2.05, 4.69) is 10.2 Å². The standard InChI is InChI=1S/C22H23N3O4S/c1-25(22-24-19(14-30-22)16-7-9-18(29-2)10-8-16)13-15-3-5-17(6-4-15)21(28)23-12-11-20(26)27/h3-10,14H,11-13H2,1-2H3,(H,23,28)(H,26,27). The number of carboxylic acid groups (broad SMARTS) is 1. The summed E-state index contributed by atoms with van der Waals surface area (Å²) < 4.78 is 5.19. The number of anilines is 1. The van der Waals surface area contributed by atoms with Gasteiger partial charge in [-0.05, 0) is 42.0 Å². The Bertz CT molecular complexity index is 1000. The third-order valence-electron chi connectivity index (χ3n) is 4.46. The summed E-state index contributed by atoms with van der Waals surface area (Å²) in [6.45, 7) is 0.760. The van der Waals surface area contributed by atoms with E-state index in [-0.39, 0.29) is 18.9 Å². The van der Waals surface area contributed by atoms with E-state index in [0.717, 1.165) is 27.7 Å². The van der Waals surface area contributed by atoms with E-state index in [1.807, 2.05) is 48.8 Å². The van der Waals surface area contributed by atoms with E-state index < -0.39 is 5.97 Å². The minimum Gasteiger partial charge on any atom is -0.497 e. The Kier molecular flexibility index (Phi) is 7.03. The lowest BCUT2D eigenvalue weighted by molar-refractivity contribution is -0.136. The number of hydrogen-bond donors (Lipinski definition) is 2. The molecule has 0 saturated carbocycles. The molecule has 7 nitrogen and oxygen atoms in total. The second kappa shape index (κ2) is 9.89. The molecular formula is C22H23N3O4S. The molecule has 0 unspecified atom stereocenters. The summed E-state index contributed by atoms with van der Waals surface area (Å²) >= 11 is 1.57. The predicted octanol–water partition coefficient (Wildman–Crippen LogP) is 3.66. The number of benzene rings is 2. The molecule has 0 aliphatic carbocycles. The molecule has 0 atom stereocenters. The monoisotopic (exact) mass is 425 g/mol. The van der Waals surface area contributed by atoms with Gasteiger partial charge >= 0.3 is 5.97 Å². The molecule has 2 aromatic carbocycles. The third kappa shape index (κ3) is 5.57. The molecule has 1 heterocycles. The number of nitrogens with zero attached hydrogens (tertiary/aromatic N) is 2. The number of nitrogens with one attached hydrogen (secondary N) is 1. The normalized spacial score (nSPS) is 10.5. The molecule has 0 spiro atoms. The molecule has 1 aromatic heterocycles. The average Bonchev–Trinajstić information content (AvgIpc) is 3.24. The summed E-state index contributed by atoms with van der Waals surface area (Å²) in [5.74, 6) is -0.406. The average molecular weight is 426 g/mol. The number of aromatic nitrogens is 1. The molecule has 8 heteroatoms. The highest BCUT2D eigenvalue weighted by Gasteiger charge is 2.11. The van der Waals surface area contributed by atoms with Crippen molar-refractivity contribution in [1.82, 2.24) is 10.3 Å². The van der Waals surface area contributed by atoms with Crippen LogP contribution in [0.15, 0.2) is 53.9 Å². The van der Waals surface area contributed by atoms with Gasteiger partial charge in [-0.3, -0.25) is 9.59 Å². The fraction of sp³-hybridized carbons (Fsp3) is 0.227. The number of thiazole rings is 1. The van der Waals surface area contributed by atoms with Crippen LogP contribution < -0.4 is 15.0 Å². The molecule has 0 fully saturated rings. The van der Waals surface area contributed by atoms with Crippen LogP contribution in [0, 0.1) is 0 Å². The van der Waals surface area contributed by atoms with Gasteiger partial charge in [0.1, 0.15) is 5.75 Å². The van der Waals surface area contributed by atoms with Crippen LogP contribution in [0.4, 0.5) is 5.13 Å². The molecule has 156 valence electrons. The van der Waals surface area contributed by atoms with Gasteiger partial charge in [0.2, 0.25) is 0 Å². The van der Waals surface area contributed by atoms with Crippen LogP contribution >= 0.6 is 11.3 Å². The van der Waals surface area contributed by atoms with Crippen molar-refractivity contribution in [2.75, 3.05) is 25.6 Å². The zero-order chi connectivity index (χ0) is 21.5. The molecule has 0 radical (unpaired) electrons. The first-order valence-corrected chi connectivity index (χ1v) is 10.2. The predicted molar refractivity (Wildman–Crippen MR) is 117 cm³/mol. The molecule has 3 aromatic rings. The molecule has 2 N–H and O–H groups in total. The Morgan fingerprint density at radius 2 is 1.83 bits per heavy atom. The van der Waals surface area contributed by atoms with E-state index in [1.165, 1.54) is 0 Å². The molecule has 0 bridgehead atoms. The third-order valence-corrected chi connectivity index (χ3v) is 5.42. The fourth-order valence-electron chi connectivity index (χ4n) is 2.82. The molecular weight excluding hydrogens is 402 g/mol. The smallest absolute Gasteiger partial charge is 0.305 e. The van der Waals surface area contributed by atoms with E-state index in [4.69, 9.17) is 14.8 Å². The minimum atomic E-state index is -0.939. The van der Waals surface area contributed by atoms with Crippen molar-refractivity contribution in [3.8, 4) is 17.0 Å². The SMILES string of the molecule is COc1ccc(-c2csc(N(C)Cc3ccc(C(=O)NCCC(=O)O)cc3)n2)cc1. The van der Waals surface area contributed by atoms with Crippen LogP contribution in [0.1, 0.15) is 22.3 Å². The molecule has 0 aliphatic rings. The number of hydrogen-bond acceptors (Lipinski definition) is 6. The van der Waals surface area contributed by atoms with Crippen molar-refractivity contribution in [1.29, 1.82) is 0 Å². The van der Waals surface area contributed by atoms with Crippen LogP contribution in [-0.2, 0) is 11.3 Å². The van der Waals surface area contributed by atoms with E-state index in [1.54, 1.807) is 30.6 Å². The first kappa shape index (κ1) is 21.3. The van der Waals surface area contributed by atoms with Crippen molar-refractivity contribution in [3.63, 3.8) is 0 Å². The number of carbonyl (C=O) groups is 2. The second-order valence-corrected chi connectivity index (χ2v) is 7.53. The van der Waals surface area contributed by atoms with Gasteiger partial charge in [0.15, 0.2) is 5.13 Å². The first-order chi connectivity index (χ1) is 14.5. The van der Waals surface area contributed by atoms with Crippen LogP contribution in [0.25, 0.3) is 11.3 Å². The highest BCUT2D eigenvalue weighted by atomic mass is 32.1. The van der Waals surface area contributed by atoms with Gasteiger partial charge in [-0.25, -0.2) is 4.98 Å². The summed E-state index contributed by atoms with van der Waals surface area (Å²) in [5, 5.41) is 14.2. The van der Waals surface area contributed by atoms with Gasteiger partial charge in [0, 0.05) is 36.6 Å². The van der Waals surface area contributed by atoms with Crippen LogP contribution in [-0.4, -0.2) is 42.7 Å². The molecule has 0 aliphatic heterocycles. The van der Waals surface area contributed by atoms with Gasteiger partial charge in [-0.1, -0.05) is 12.1 Å². The number of ether oxygens (including phenoxy) is 1. The Morgan fingerprint density at radius 3 is 2.47 bits per heavy atom. The quantitative estimate of drug-likeness (QED) is 0.544. The Hall–Kier alpha value is -3.39. The Morgan fingerprint density at radius 1 is 1.13 bits per heavy atom. The molecule has 30 heavy (non-hydrogen) atoms. The molecule has 3 rings (SSSR count). The number of carboxylic acids is 1. The van der Waals surface area contributed by atoms with Crippen molar-refractivity contribution in [3.05, 3.63) is 65.0 Å². The van der Waals surface area contributed by atoms with E-state index in [9.17, 15) is 9.59 Å². The number of rotatable bonds is 9.